The van der Waals surface area contributed by atoms with Crippen LogP contribution in [0.2, 0.25) is 0 Å². The lowest BCUT2D eigenvalue weighted by Gasteiger charge is -2.35. The molecule has 0 bridgehead atoms. The summed E-state index contributed by atoms with van der Waals surface area (Å²) in [5.41, 5.74) is 0.491. The van der Waals surface area contributed by atoms with E-state index in [2.05, 4.69) is 24.3 Å². The summed E-state index contributed by atoms with van der Waals surface area (Å²) in [7, 11) is 0.745. The molecule has 4 nitrogen and oxygen atoms in total. The van der Waals surface area contributed by atoms with Gasteiger partial charge in [-0.2, -0.15) is 0 Å². The van der Waals surface area contributed by atoms with Gasteiger partial charge in [0.25, 0.3) is 0 Å². The van der Waals surface area contributed by atoms with Crippen LogP contribution < -0.4 is 15.3 Å². The third kappa shape index (κ3) is 4.74. The van der Waals surface area contributed by atoms with Gasteiger partial charge in [0.1, 0.15) is 11.4 Å². The smallest absolute Gasteiger partial charge is 0.414 e. The van der Waals surface area contributed by atoms with Gasteiger partial charge < -0.3 is 9.47 Å². The molecular formula is C23H28NO3P. The Hall–Kier alpha value is -2.32. The van der Waals surface area contributed by atoms with Crippen molar-refractivity contribution in [1.82, 2.24) is 4.90 Å². The summed E-state index contributed by atoms with van der Waals surface area (Å²) in [4.78, 5) is 14.8. The average molecular weight is 397 g/mol. The van der Waals surface area contributed by atoms with Crippen LogP contribution in [0.1, 0.15) is 33.6 Å². The first-order chi connectivity index (χ1) is 13.4. The van der Waals surface area contributed by atoms with E-state index in [1.54, 1.807) is 7.11 Å². The van der Waals surface area contributed by atoms with Crippen LogP contribution in [0.25, 0.3) is 0 Å². The van der Waals surface area contributed by atoms with E-state index in [0.29, 0.717) is 6.54 Å². The highest BCUT2D eigenvalue weighted by molar-refractivity contribution is 7.76. The van der Waals surface area contributed by atoms with Crippen molar-refractivity contribution in [2.75, 3.05) is 13.7 Å². The molecule has 1 heterocycles. The monoisotopic (exact) mass is 397 g/mol. The van der Waals surface area contributed by atoms with E-state index in [4.69, 9.17) is 9.47 Å². The average Bonchev–Trinajstić information content (AvgIpc) is 2.68. The normalized spacial score (nSPS) is 15.6. The molecule has 1 atom stereocenters. The van der Waals surface area contributed by atoms with Gasteiger partial charge in [-0.1, -0.05) is 54.6 Å². The summed E-state index contributed by atoms with van der Waals surface area (Å²) in [6.45, 7) is 6.37. The predicted octanol–water partition coefficient (Wildman–Crippen LogP) is 5.00. The summed E-state index contributed by atoms with van der Waals surface area (Å²) in [5.74, 6) is 0.841. The number of ether oxygens (including phenoxy) is 2. The third-order valence-corrected chi connectivity index (χ3v) is 6.92. The van der Waals surface area contributed by atoms with Gasteiger partial charge in [-0.25, -0.2) is 4.79 Å². The second-order valence-electron chi connectivity index (χ2n) is 7.68. The number of para-hydroxylation sites is 1. The van der Waals surface area contributed by atoms with Gasteiger partial charge in [-0.15, -0.1) is 0 Å². The van der Waals surface area contributed by atoms with Crippen LogP contribution in [-0.4, -0.2) is 30.2 Å². The number of rotatable bonds is 4. The molecule has 1 unspecified atom stereocenters. The van der Waals surface area contributed by atoms with Crippen LogP contribution in [-0.2, 0) is 4.74 Å². The topological polar surface area (TPSA) is 38.8 Å². The molecule has 148 valence electrons. The van der Waals surface area contributed by atoms with E-state index >= 15 is 0 Å². The quantitative estimate of drug-likeness (QED) is 0.682. The van der Waals surface area contributed by atoms with Crippen molar-refractivity contribution >= 4 is 24.6 Å². The Kier molecular flexibility index (Phi) is 6.41. The van der Waals surface area contributed by atoms with E-state index in [0.717, 1.165) is 29.3 Å². The first kappa shape index (κ1) is 20.4. The van der Waals surface area contributed by atoms with Crippen molar-refractivity contribution < 1.29 is 14.3 Å². The second-order valence-corrected chi connectivity index (χ2v) is 9.81. The molecule has 1 aliphatic heterocycles. The Morgan fingerprint density at radius 2 is 1.71 bits per heavy atom. The molecule has 2 aromatic rings. The van der Waals surface area contributed by atoms with Gasteiger partial charge in [0, 0.05) is 19.8 Å². The van der Waals surface area contributed by atoms with Gasteiger partial charge in [0.15, 0.2) is 0 Å². The lowest BCUT2D eigenvalue weighted by Crippen LogP contribution is -2.39. The highest BCUT2D eigenvalue weighted by atomic mass is 31.1. The van der Waals surface area contributed by atoms with Crippen molar-refractivity contribution in [2.45, 2.75) is 39.2 Å². The summed E-state index contributed by atoms with van der Waals surface area (Å²) in [6, 6.07) is 18.4. The van der Waals surface area contributed by atoms with E-state index in [-0.39, 0.29) is 6.09 Å². The molecule has 0 saturated heterocycles. The Labute approximate surface area is 168 Å². The molecule has 0 N–H and O–H groups in total. The fourth-order valence-corrected chi connectivity index (χ4v) is 5.82. The molecule has 2 aromatic carbocycles. The Bertz CT molecular complexity index is 842. The zero-order valence-corrected chi connectivity index (χ0v) is 17.9. The number of carbonyl (C=O) groups is 1. The van der Waals surface area contributed by atoms with E-state index < -0.39 is 13.5 Å². The molecule has 0 aliphatic carbocycles. The van der Waals surface area contributed by atoms with Gasteiger partial charge in [-0.05, 0) is 45.0 Å². The van der Waals surface area contributed by atoms with Crippen molar-refractivity contribution in [3.8, 4) is 5.75 Å². The number of benzene rings is 2. The summed E-state index contributed by atoms with van der Waals surface area (Å²) >= 11 is 0. The van der Waals surface area contributed by atoms with Crippen molar-refractivity contribution in [2.24, 2.45) is 0 Å². The van der Waals surface area contributed by atoms with Crippen LogP contribution in [0.5, 0.6) is 5.75 Å². The molecule has 0 saturated carbocycles. The molecule has 1 amide bonds. The van der Waals surface area contributed by atoms with Crippen LogP contribution in [0.4, 0.5) is 4.79 Å². The van der Waals surface area contributed by atoms with Crippen LogP contribution >= 0.6 is 7.92 Å². The maximum absolute atomic E-state index is 13.0. The largest absolute Gasteiger partial charge is 0.496 e. The van der Waals surface area contributed by atoms with Gasteiger partial charge >= 0.3 is 6.09 Å². The fourth-order valence-electron chi connectivity index (χ4n) is 3.21. The third-order valence-electron chi connectivity index (χ3n) is 4.37. The first-order valence-electron chi connectivity index (χ1n) is 9.59. The molecule has 0 fully saturated rings. The predicted molar refractivity (Wildman–Crippen MR) is 116 cm³/mol. The van der Waals surface area contributed by atoms with Crippen LogP contribution in [0, 0.1) is 0 Å². The number of hydrogen-bond acceptors (Lipinski definition) is 3. The molecule has 3 rings (SSSR count). The zero-order valence-electron chi connectivity index (χ0n) is 17.0. The van der Waals surface area contributed by atoms with Crippen molar-refractivity contribution in [1.29, 1.82) is 0 Å². The van der Waals surface area contributed by atoms with E-state index in [1.165, 1.54) is 5.30 Å². The minimum Gasteiger partial charge on any atom is -0.496 e. The van der Waals surface area contributed by atoms with Crippen LogP contribution in [0.3, 0.4) is 0 Å². The molecular weight excluding hydrogens is 369 g/mol. The van der Waals surface area contributed by atoms with Crippen LogP contribution in [0.15, 0.2) is 66.1 Å². The lowest BCUT2D eigenvalue weighted by atomic mass is 10.2. The minimum atomic E-state index is -0.948. The molecule has 0 spiro atoms. The maximum atomic E-state index is 13.0. The number of carbonyl (C=O) groups excluding carboxylic acids is 1. The standard InChI is InChI=1S/C23H28NO3P/c1-23(2,3)27-22(25)24-17-11-10-16-21(24)28(18-12-6-5-7-13-18)20-15-9-8-14-19(20)26-4/h5-9,12-16H,10-11,17H2,1-4H3. The summed E-state index contributed by atoms with van der Waals surface area (Å²) in [6.07, 6.45) is 3.80. The van der Waals surface area contributed by atoms with Gasteiger partial charge in [0.05, 0.1) is 12.5 Å². The second kappa shape index (κ2) is 8.79. The highest BCUT2D eigenvalue weighted by Crippen LogP contribution is 2.48. The van der Waals surface area contributed by atoms with Gasteiger partial charge in [0.2, 0.25) is 0 Å². The zero-order chi connectivity index (χ0) is 20.1. The molecule has 0 aromatic heterocycles. The number of allylic oxidation sites excluding steroid dienone is 1. The van der Waals surface area contributed by atoms with Gasteiger partial charge in [-0.3, -0.25) is 4.90 Å². The molecule has 5 heteroatoms. The highest BCUT2D eigenvalue weighted by Gasteiger charge is 2.33. The van der Waals surface area contributed by atoms with E-state index in [9.17, 15) is 4.79 Å². The Balaban J connectivity index is 2.08. The molecule has 0 radical (unpaired) electrons. The minimum absolute atomic E-state index is 0.281. The Morgan fingerprint density at radius 1 is 1.04 bits per heavy atom. The number of nitrogens with zero attached hydrogens (tertiary/aromatic N) is 1. The summed E-state index contributed by atoms with van der Waals surface area (Å²) in [5, 5.41) is 2.29. The molecule has 28 heavy (non-hydrogen) atoms. The molecule has 1 aliphatic rings. The number of methoxy groups -OCH3 is 1. The number of amides is 1. The van der Waals surface area contributed by atoms with Crippen molar-refractivity contribution in [3.63, 3.8) is 0 Å². The SMILES string of the molecule is COc1ccccc1P(C1=CCCCN1C(=O)OC(C)(C)C)c1ccccc1. The lowest BCUT2D eigenvalue weighted by molar-refractivity contribution is 0.0319. The van der Waals surface area contributed by atoms with E-state index in [1.807, 2.05) is 62.1 Å². The maximum Gasteiger partial charge on any atom is 0.414 e. The first-order valence-corrected chi connectivity index (χ1v) is 10.9. The summed E-state index contributed by atoms with van der Waals surface area (Å²) < 4.78 is 11.4. The number of hydrogen-bond donors (Lipinski definition) is 0. The Morgan fingerprint density at radius 3 is 2.39 bits per heavy atom. The van der Waals surface area contributed by atoms with Crippen molar-refractivity contribution in [3.05, 3.63) is 66.1 Å². The fraction of sp³-hybridized carbons (Fsp3) is 0.348.